The van der Waals surface area contributed by atoms with E-state index in [-0.39, 0.29) is 18.2 Å². The summed E-state index contributed by atoms with van der Waals surface area (Å²) in [5.41, 5.74) is 9.84. The van der Waals surface area contributed by atoms with Gasteiger partial charge in [0.25, 0.3) is 0 Å². The zero-order valence-electron chi connectivity index (χ0n) is 21.2. The Hall–Kier alpha value is -3.31. The van der Waals surface area contributed by atoms with E-state index in [1.165, 1.54) is 11.1 Å². The van der Waals surface area contributed by atoms with Crippen molar-refractivity contribution in [2.75, 3.05) is 19.7 Å². The predicted octanol–water partition coefficient (Wildman–Crippen LogP) is 7.12. The molecule has 196 valence electrons. The lowest BCUT2D eigenvalue weighted by molar-refractivity contribution is -0.117. The van der Waals surface area contributed by atoms with Gasteiger partial charge in [0.1, 0.15) is 5.75 Å². The Balaban J connectivity index is 1.46. The first-order chi connectivity index (χ1) is 18.5. The van der Waals surface area contributed by atoms with Crippen molar-refractivity contribution >= 4 is 29.1 Å². The topological polar surface area (TPSA) is 55.6 Å². The molecule has 0 saturated heterocycles. The first-order valence-corrected chi connectivity index (χ1v) is 13.5. The van der Waals surface area contributed by atoms with Crippen molar-refractivity contribution in [1.29, 1.82) is 0 Å². The zero-order chi connectivity index (χ0) is 26.7. The van der Waals surface area contributed by atoms with E-state index in [2.05, 4.69) is 65.6 Å². The summed E-state index contributed by atoms with van der Waals surface area (Å²) in [5, 5.41) is 1.12. The molecule has 1 amide bonds. The van der Waals surface area contributed by atoms with E-state index in [9.17, 15) is 4.79 Å². The van der Waals surface area contributed by atoms with Crippen molar-refractivity contribution in [3.63, 3.8) is 0 Å². The fourth-order valence-corrected chi connectivity index (χ4v) is 4.87. The molecule has 38 heavy (non-hydrogen) atoms. The molecule has 4 rings (SSSR count). The standard InChI is InChI=1S/C32H32Cl2N2O2/c33-30-17-14-25(20-31(30)34)22-36(18-7-19-38-28-15-12-24(13-16-28)21-32(35)37)23-29(26-8-3-1-4-9-26)27-10-5-2-6-11-27/h1-6,8-17,20,29H,7,18-19,21-23H2,(H2,35,37). The number of benzene rings is 4. The highest BCUT2D eigenvalue weighted by Crippen LogP contribution is 2.28. The van der Waals surface area contributed by atoms with Crippen LogP contribution in [-0.2, 0) is 17.8 Å². The number of carbonyl (C=O) groups excluding carboxylic acids is 1. The molecule has 4 nitrogen and oxygen atoms in total. The lowest BCUT2D eigenvalue weighted by Gasteiger charge is -2.28. The number of rotatable bonds is 13. The van der Waals surface area contributed by atoms with Crippen molar-refractivity contribution < 1.29 is 9.53 Å². The molecule has 0 heterocycles. The van der Waals surface area contributed by atoms with Crippen LogP contribution in [0.5, 0.6) is 5.75 Å². The molecule has 0 bridgehead atoms. The number of nitrogens with zero attached hydrogens (tertiary/aromatic N) is 1. The summed E-state index contributed by atoms with van der Waals surface area (Å²) in [5.74, 6) is 0.657. The van der Waals surface area contributed by atoms with Crippen LogP contribution in [0.2, 0.25) is 10.0 Å². The smallest absolute Gasteiger partial charge is 0.221 e. The summed E-state index contributed by atoms with van der Waals surface area (Å²) in [6, 6.07) is 34.6. The maximum Gasteiger partial charge on any atom is 0.221 e. The van der Waals surface area contributed by atoms with Gasteiger partial charge in [0, 0.05) is 25.6 Å². The van der Waals surface area contributed by atoms with Crippen LogP contribution >= 0.6 is 23.2 Å². The molecule has 0 radical (unpaired) electrons. The highest BCUT2D eigenvalue weighted by atomic mass is 35.5. The molecule has 0 aliphatic rings. The van der Waals surface area contributed by atoms with Crippen LogP contribution in [0.3, 0.4) is 0 Å². The van der Waals surface area contributed by atoms with Gasteiger partial charge in [-0.3, -0.25) is 9.69 Å². The van der Waals surface area contributed by atoms with Gasteiger partial charge in [-0.05, 0) is 52.9 Å². The van der Waals surface area contributed by atoms with Gasteiger partial charge in [0.15, 0.2) is 0 Å². The second kappa shape index (κ2) is 14.0. The van der Waals surface area contributed by atoms with Crippen molar-refractivity contribution in [1.82, 2.24) is 4.90 Å². The molecule has 0 aromatic heterocycles. The third-order valence-corrected chi connectivity index (χ3v) is 7.16. The second-order valence-electron chi connectivity index (χ2n) is 9.35. The fourth-order valence-electron chi connectivity index (χ4n) is 4.55. The first-order valence-electron chi connectivity index (χ1n) is 12.7. The number of primary amides is 1. The van der Waals surface area contributed by atoms with E-state index in [1.54, 1.807) is 0 Å². The summed E-state index contributed by atoms with van der Waals surface area (Å²) in [6.07, 6.45) is 1.08. The highest BCUT2D eigenvalue weighted by molar-refractivity contribution is 6.42. The fraction of sp³-hybridized carbons (Fsp3) is 0.219. The number of ether oxygens (including phenoxy) is 1. The minimum atomic E-state index is -0.343. The number of nitrogens with two attached hydrogens (primary N) is 1. The molecular weight excluding hydrogens is 515 g/mol. The minimum absolute atomic E-state index is 0.221. The maximum absolute atomic E-state index is 11.1. The average Bonchev–Trinajstić information content (AvgIpc) is 2.93. The minimum Gasteiger partial charge on any atom is -0.494 e. The van der Waals surface area contributed by atoms with Crippen molar-refractivity contribution in [2.45, 2.75) is 25.3 Å². The average molecular weight is 548 g/mol. The van der Waals surface area contributed by atoms with E-state index in [4.69, 9.17) is 33.7 Å². The van der Waals surface area contributed by atoms with Crippen LogP contribution in [0.1, 0.15) is 34.6 Å². The molecule has 4 aromatic carbocycles. The largest absolute Gasteiger partial charge is 0.494 e. The lowest BCUT2D eigenvalue weighted by Crippen LogP contribution is -2.30. The molecule has 0 spiro atoms. The van der Waals surface area contributed by atoms with Crippen LogP contribution in [0.25, 0.3) is 0 Å². The summed E-state index contributed by atoms with van der Waals surface area (Å²) >= 11 is 12.5. The number of carbonyl (C=O) groups is 1. The predicted molar refractivity (Wildman–Crippen MR) is 156 cm³/mol. The van der Waals surface area contributed by atoms with Gasteiger partial charge in [0.05, 0.1) is 23.1 Å². The van der Waals surface area contributed by atoms with E-state index >= 15 is 0 Å². The Morgan fingerprint density at radius 3 is 1.97 bits per heavy atom. The van der Waals surface area contributed by atoms with E-state index in [1.807, 2.05) is 42.5 Å². The Morgan fingerprint density at radius 1 is 0.789 bits per heavy atom. The molecule has 2 N–H and O–H groups in total. The van der Waals surface area contributed by atoms with Crippen molar-refractivity contribution in [3.8, 4) is 5.75 Å². The van der Waals surface area contributed by atoms with Gasteiger partial charge in [-0.2, -0.15) is 0 Å². The molecular formula is C32H32Cl2N2O2. The van der Waals surface area contributed by atoms with Crippen LogP contribution < -0.4 is 10.5 Å². The Morgan fingerprint density at radius 2 is 1.39 bits per heavy atom. The lowest BCUT2D eigenvalue weighted by atomic mass is 9.90. The summed E-state index contributed by atoms with van der Waals surface area (Å²) in [7, 11) is 0. The van der Waals surface area contributed by atoms with Gasteiger partial charge in [0.2, 0.25) is 5.91 Å². The van der Waals surface area contributed by atoms with Gasteiger partial charge < -0.3 is 10.5 Å². The second-order valence-corrected chi connectivity index (χ2v) is 10.2. The molecule has 6 heteroatoms. The Kier molecular flexibility index (Phi) is 10.2. The van der Waals surface area contributed by atoms with Gasteiger partial charge in [-0.1, -0.05) is 102 Å². The maximum atomic E-state index is 11.1. The van der Waals surface area contributed by atoms with Gasteiger partial charge >= 0.3 is 0 Å². The highest BCUT2D eigenvalue weighted by Gasteiger charge is 2.19. The van der Waals surface area contributed by atoms with E-state index < -0.39 is 0 Å². The summed E-state index contributed by atoms with van der Waals surface area (Å²) < 4.78 is 5.99. The molecule has 0 unspecified atom stereocenters. The van der Waals surface area contributed by atoms with Gasteiger partial charge in [-0.15, -0.1) is 0 Å². The molecule has 0 aliphatic carbocycles. The molecule has 0 saturated carbocycles. The normalized spacial score (nSPS) is 11.2. The molecule has 0 atom stereocenters. The number of amides is 1. The monoisotopic (exact) mass is 546 g/mol. The summed E-state index contributed by atoms with van der Waals surface area (Å²) in [6.45, 7) is 3.01. The van der Waals surface area contributed by atoms with E-state index in [0.717, 1.165) is 42.9 Å². The third-order valence-electron chi connectivity index (χ3n) is 6.42. The van der Waals surface area contributed by atoms with Crippen LogP contribution in [-0.4, -0.2) is 30.5 Å². The van der Waals surface area contributed by atoms with Crippen LogP contribution in [0.15, 0.2) is 103 Å². The number of halogens is 2. The summed E-state index contributed by atoms with van der Waals surface area (Å²) in [4.78, 5) is 13.6. The molecule has 4 aromatic rings. The van der Waals surface area contributed by atoms with Crippen molar-refractivity contribution in [3.05, 3.63) is 135 Å². The van der Waals surface area contributed by atoms with Gasteiger partial charge in [-0.25, -0.2) is 0 Å². The number of hydrogen-bond acceptors (Lipinski definition) is 3. The third kappa shape index (κ3) is 8.35. The molecule has 0 aliphatic heterocycles. The number of hydrogen-bond donors (Lipinski definition) is 1. The van der Waals surface area contributed by atoms with Crippen LogP contribution in [0, 0.1) is 0 Å². The Labute approximate surface area is 235 Å². The molecule has 0 fully saturated rings. The SMILES string of the molecule is NC(=O)Cc1ccc(OCCCN(Cc2ccc(Cl)c(Cl)c2)CC(c2ccccc2)c2ccccc2)cc1. The van der Waals surface area contributed by atoms with Crippen LogP contribution in [0.4, 0.5) is 0 Å². The van der Waals surface area contributed by atoms with Crippen molar-refractivity contribution in [2.24, 2.45) is 5.73 Å². The van der Waals surface area contributed by atoms with E-state index in [0.29, 0.717) is 16.7 Å². The quantitative estimate of drug-likeness (QED) is 0.181. The Bertz CT molecular complexity index is 1260. The first kappa shape index (κ1) is 27.7. The zero-order valence-corrected chi connectivity index (χ0v) is 22.7.